The largest absolute Gasteiger partial charge is 0.398 e. The minimum absolute atomic E-state index is 0.0243. The van der Waals surface area contributed by atoms with Crippen molar-refractivity contribution >= 4 is 29.1 Å². The Hall–Kier alpha value is -2.89. The lowest BCUT2D eigenvalue weighted by Crippen LogP contribution is -2.60. The van der Waals surface area contributed by atoms with Gasteiger partial charge in [0.25, 0.3) is 17.4 Å². The molecule has 4 rings (SSSR count). The summed E-state index contributed by atoms with van der Waals surface area (Å²) in [5, 5.41) is 2.67. The van der Waals surface area contributed by atoms with Gasteiger partial charge < -0.3 is 5.32 Å². The van der Waals surface area contributed by atoms with Gasteiger partial charge in [0.2, 0.25) is 5.92 Å². The Morgan fingerprint density at radius 2 is 1.61 bits per heavy atom. The Morgan fingerprint density at radius 1 is 1.05 bits per heavy atom. The predicted octanol–water partition coefficient (Wildman–Crippen LogP) is 5.55. The van der Waals surface area contributed by atoms with Gasteiger partial charge in [0.1, 0.15) is 6.33 Å². The summed E-state index contributed by atoms with van der Waals surface area (Å²) in [6.45, 7) is 1.28. The number of anilines is 1. The van der Waals surface area contributed by atoms with Gasteiger partial charge in [0, 0.05) is 42.5 Å². The van der Waals surface area contributed by atoms with Gasteiger partial charge in [-0.3, -0.25) is 14.5 Å². The molecule has 1 heterocycles. The minimum atomic E-state index is -4.48. The van der Waals surface area contributed by atoms with E-state index < -0.39 is 59.4 Å². The first-order chi connectivity index (χ1) is 17.7. The van der Waals surface area contributed by atoms with Gasteiger partial charge in [0.05, 0.1) is 5.41 Å². The Labute approximate surface area is 219 Å². The van der Waals surface area contributed by atoms with Gasteiger partial charge in [-0.25, -0.2) is 23.1 Å². The van der Waals surface area contributed by atoms with Crippen molar-refractivity contribution in [3.8, 4) is 0 Å². The Kier molecular flexibility index (Phi) is 7.41. The monoisotopic (exact) mass is 562 g/mol. The van der Waals surface area contributed by atoms with Crippen LogP contribution in [0, 0.1) is 0 Å². The lowest BCUT2D eigenvalue weighted by Gasteiger charge is -2.41. The molecule has 1 aromatic carbocycles. The highest BCUT2D eigenvalue weighted by atomic mass is 35.5. The summed E-state index contributed by atoms with van der Waals surface area (Å²) >= 11 is 5.52. The van der Waals surface area contributed by atoms with Gasteiger partial charge in [-0.15, -0.1) is 0 Å². The van der Waals surface area contributed by atoms with Crippen LogP contribution < -0.4 is 10.2 Å². The maximum atomic E-state index is 14.3. The molecule has 2 atom stereocenters. The number of hydrogen-bond donors (Lipinski definition) is 1. The molecule has 1 N–H and O–H groups in total. The summed E-state index contributed by atoms with van der Waals surface area (Å²) < 4.78 is 82.4. The van der Waals surface area contributed by atoms with Crippen LogP contribution >= 0.6 is 11.6 Å². The van der Waals surface area contributed by atoms with Crippen LogP contribution in [0.25, 0.3) is 0 Å². The summed E-state index contributed by atoms with van der Waals surface area (Å²) in [6, 6.07) is 4.09. The molecule has 1 aromatic heterocycles. The summed E-state index contributed by atoms with van der Waals surface area (Å²) in [6.07, 6.45) is -1.98. The van der Waals surface area contributed by atoms with Crippen molar-refractivity contribution in [2.24, 2.45) is 0 Å². The van der Waals surface area contributed by atoms with E-state index in [2.05, 4.69) is 15.3 Å². The molecule has 0 saturated heterocycles. The topological polar surface area (TPSA) is 75.2 Å². The average Bonchev–Trinajstić information content (AvgIpc) is 3.68. The smallest absolute Gasteiger partial charge is 0.351 e. The molecule has 0 spiro atoms. The van der Waals surface area contributed by atoms with E-state index in [1.165, 1.54) is 43.6 Å². The van der Waals surface area contributed by atoms with E-state index in [-0.39, 0.29) is 42.5 Å². The molecule has 2 aliphatic carbocycles. The summed E-state index contributed by atoms with van der Waals surface area (Å²) in [7, 11) is 0. The minimum Gasteiger partial charge on any atom is -0.351 e. The van der Waals surface area contributed by atoms with Gasteiger partial charge in [-0.1, -0.05) is 23.7 Å². The van der Waals surface area contributed by atoms with E-state index in [9.17, 15) is 35.9 Å². The fourth-order valence-corrected chi connectivity index (χ4v) is 5.01. The third kappa shape index (κ3) is 5.19. The molecular formula is C25H25ClF6N4O2. The third-order valence-electron chi connectivity index (χ3n) is 7.44. The van der Waals surface area contributed by atoms with Crippen LogP contribution in [0.15, 0.2) is 43.0 Å². The summed E-state index contributed by atoms with van der Waals surface area (Å²) in [5.74, 6) is -5.05. The van der Waals surface area contributed by atoms with Crippen LogP contribution in [0.1, 0.15) is 56.6 Å². The zero-order chi connectivity index (χ0) is 27.9. The highest BCUT2D eigenvalue weighted by Gasteiger charge is 2.64. The molecule has 13 heteroatoms. The molecular weight excluding hydrogens is 538 g/mol. The molecule has 6 nitrogen and oxygen atoms in total. The van der Waals surface area contributed by atoms with E-state index in [1.54, 1.807) is 0 Å². The predicted molar refractivity (Wildman–Crippen MR) is 126 cm³/mol. The lowest BCUT2D eigenvalue weighted by molar-refractivity contribution is -0.160. The summed E-state index contributed by atoms with van der Waals surface area (Å²) in [5.41, 5.74) is -6.72. The average molecular weight is 563 g/mol. The SMILES string of the molecule is CC(C(=O)NC1CCC(F)(F)CC1)(c1cncnc1)N(C(=O)[C@H](F)Cl)c1ccc(C2(C(F)(F)F)CC2)cc1. The van der Waals surface area contributed by atoms with Gasteiger partial charge in [-0.2, -0.15) is 13.2 Å². The molecule has 0 aliphatic heterocycles. The number of aromatic nitrogens is 2. The van der Waals surface area contributed by atoms with Crippen LogP contribution in [0.4, 0.5) is 32.0 Å². The number of alkyl halides is 7. The highest BCUT2D eigenvalue weighted by molar-refractivity contribution is 6.32. The Bertz CT molecular complexity index is 1160. The fraction of sp³-hybridized carbons (Fsp3) is 0.520. The molecule has 2 saturated carbocycles. The number of benzene rings is 1. The number of halogens is 7. The number of rotatable bonds is 7. The first-order valence-corrected chi connectivity index (χ1v) is 12.4. The second-order valence-electron chi connectivity index (χ2n) is 9.90. The standard InChI is InChI=1S/C25H25ClF6N4O2/c1-22(16-12-33-14-34-13-16,21(38)35-17-6-8-24(28,29)9-7-17)36(20(37)19(26)27)18-4-2-15(3-5-18)23(10-11-23)25(30,31)32/h2-5,12-14,17,19H,6-11H2,1H3,(H,35,38)/t19-,22?/m0/s1. The van der Waals surface area contributed by atoms with Gasteiger partial charge in [-0.05, 0) is 50.3 Å². The first kappa shape index (κ1) is 28.1. The van der Waals surface area contributed by atoms with Crippen LogP contribution in [0.2, 0.25) is 0 Å². The second-order valence-corrected chi connectivity index (χ2v) is 10.3. The number of amides is 2. The van der Waals surface area contributed by atoms with Crippen molar-refractivity contribution < 1.29 is 35.9 Å². The first-order valence-electron chi connectivity index (χ1n) is 11.9. The molecule has 38 heavy (non-hydrogen) atoms. The van der Waals surface area contributed by atoms with Crippen LogP contribution in [-0.4, -0.2) is 45.6 Å². The van der Waals surface area contributed by atoms with E-state index >= 15 is 0 Å². The highest BCUT2D eigenvalue weighted by Crippen LogP contribution is 2.59. The second kappa shape index (κ2) is 10.0. The molecule has 2 fully saturated rings. The van der Waals surface area contributed by atoms with Crippen molar-refractivity contribution in [2.75, 3.05) is 4.90 Å². The normalized spacial score (nSPS) is 21.2. The molecule has 0 radical (unpaired) electrons. The molecule has 2 amide bonds. The van der Waals surface area contributed by atoms with Crippen molar-refractivity contribution in [1.82, 2.24) is 15.3 Å². The number of nitrogens with one attached hydrogen (secondary N) is 1. The van der Waals surface area contributed by atoms with E-state index in [4.69, 9.17) is 11.6 Å². The van der Waals surface area contributed by atoms with E-state index in [0.717, 1.165) is 11.2 Å². The zero-order valence-corrected chi connectivity index (χ0v) is 21.0. The molecule has 0 bridgehead atoms. The fourth-order valence-electron chi connectivity index (χ4n) is 4.92. The third-order valence-corrected chi connectivity index (χ3v) is 7.63. The number of carbonyl (C=O) groups is 2. The van der Waals surface area contributed by atoms with E-state index in [1.807, 2.05) is 0 Å². The van der Waals surface area contributed by atoms with Crippen molar-refractivity contribution in [3.05, 3.63) is 54.1 Å². The van der Waals surface area contributed by atoms with Crippen LogP contribution in [0.3, 0.4) is 0 Å². The molecule has 2 aliphatic rings. The lowest BCUT2D eigenvalue weighted by atomic mass is 9.87. The quantitative estimate of drug-likeness (QED) is 0.355. The van der Waals surface area contributed by atoms with Crippen molar-refractivity contribution in [3.63, 3.8) is 0 Å². The summed E-state index contributed by atoms with van der Waals surface area (Å²) in [4.78, 5) is 35.4. The number of carbonyl (C=O) groups excluding carboxylic acids is 2. The van der Waals surface area contributed by atoms with E-state index in [0.29, 0.717) is 0 Å². The number of hydrogen-bond acceptors (Lipinski definition) is 4. The Morgan fingerprint density at radius 3 is 2.08 bits per heavy atom. The number of nitrogens with zero attached hydrogens (tertiary/aromatic N) is 3. The maximum Gasteiger partial charge on any atom is 0.398 e. The molecule has 2 aromatic rings. The van der Waals surface area contributed by atoms with Crippen LogP contribution in [-0.2, 0) is 20.5 Å². The maximum absolute atomic E-state index is 14.3. The van der Waals surface area contributed by atoms with Crippen molar-refractivity contribution in [2.45, 2.75) is 80.2 Å². The zero-order valence-electron chi connectivity index (χ0n) is 20.2. The van der Waals surface area contributed by atoms with Crippen LogP contribution in [0.5, 0.6) is 0 Å². The van der Waals surface area contributed by atoms with Gasteiger partial charge in [0.15, 0.2) is 5.54 Å². The Balaban J connectivity index is 1.75. The molecule has 1 unspecified atom stereocenters. The molecule has 206 valence electrons. The van der Waals surface area contributed by atoms with Crippen molar-refractivity contribution in [1.29, 1.82) is 0 Å². The van der Waals surface area contributed by atoms with Gasteiger partial charge >= 0.3 is 6.18 Å².